The standard InChI is InChI=1S/C17H19N3O3S/c1-22-11-3-6-15(18-9-11)23-16-7-5-14(24-16)17(21)20-13-8-10-2-4-12(13)19-10/h3,5-7,9-10,12-13,19H,2,4,8H2,1H3,(H,20,21)/t10-,12+,13-/m1/s1. The van der Waals surface area contributed by atoms with Crippen molar-refractivity contribution in [1.82, 2.24) is 15.6 Å². The van der Waals surface area contributed by atoms with Gasteiger partial charge in [0.05, 0.1) is 18.2 Å². The van der Waals surface area contributed by atoms with E-state index in [0.29, 0.717) is 33.7 Å². The Morgan fingerprint density at radius 2 is 2.25 bits per heavy atom. The summed E-state index contributed by atoms with van der Waals surface area (Å²) < 4.78 is 10.8. The van der Waals surface area contributed by atoms with E-state index < -0.39 is 0 Å². The first-order chi connectivity index (χ1) is 11.7. The molecule has 24 heavy (non-hydrogen) atoms. The van der Waals surface area contributed by atoms with Gasteiger partial charge in [-0.3, -0.25) is 4.79 Å². The highest BCUT2D eigenvalue weighted by Crippen LogP contribution is 2.31. The van der Waals surface area contributed by atoms with Gasteiger partial charge in [0.25, 0.3) is 5.91 Å². The molecule has 2 aromatic rings. The lowest BCUT2D eigenvalue weighted by atomic mass is 9.95. The molecule has 4 heterocycles. The summed E-state index contributed by atoms with van der Waals surface area (Å²) in [6, 6.07) is 8.35. The van der Waals surface area contributed by atoms with Gasteiger partial charge in [-0.1, -0.05) is 11.3 Å². The summed E-state index contributed by atoms with van der Waals surface area (Å²) >= 11 is 1.32. The number of amides is 1. The van der Waals surface area contributed by atoms with Crippen LogP contribution in [0.5, 0.6) is 16.7 Å². The lowest BCUT2D eigenvalue weighted by Crippen LogP contribution is -2.42. The fraction of sp³-hybridized carbons (Fsp3) is 0.412. The van der Waals surface area contributed by atoms with E-state index in [-0.39, 0.29) is 11.9 Å². The van der Waals surface area contributed by atoms with Crippen molar-refractivity contribution < 1.29 is 14.3 Å². The average Bonchev–Trinajstić information content (AvgIpc) is 3.32. The number of carbonyl (C=O) groups is 1. The number of ether oxygens (including phenoxy) is 2. The Hall–Kier alpha value is -2.12. The Bertz CT molecular complexity index is 731. The van der Waals surface area contributed by atoms with Gasteiger partial charge in [0.15, 0.2) is 5.06 Å². The van der Waals surface area contributed by atoms with Gasteiger partial charge in [0.1, 0.15) is 5.75 Å². The minimum atomic E-state index is -0.0307. The second-order valence-corrected chi connectivity index (χ2v) is 7.17. The molecule has 6 nitrogen and oxygen atoms in total. The van der Waals surface area contributed by atoms with Gasteiger partial charge in [0, 0.05) is 24.2 Å². The molecule has 0 saturated carbocycles. The third-order valence-electron chi connectivity index (χ3n) is 4.57. The molecule has 2 N–H and O–H groups in total. The topological polar surface area (TPSA) is 72.5 Å². The molecule has 0 radical (unpaired) electrons. The zero-order valence-corrected chi connectivity index (χ0v) is 14.1. The van der Waals surface area contributed by atoms with Crippen molar-refractivity contribution in [3.8, 4) is 16.7 Å². The van der Waals surface area contributed by atoms with Crippen molar-refractivity contribution in [2.75, 3.05) is 7.11 Å². The third-order valence-corrected chi connectivity index (χ3v) is 5.53. The number of nitrogens with zero attached hydrogens (tertiary/aromatic N) is 1. The molecule has 0 aliphatic carbocycles. The summed E-state index contributed by atoms with van der Waals surface area (Å²) in [5.41, 5.74) is 0. The molecule has 4 rings (SSSR count). The van der Waals surface area contributed by atoms with E-state index in [9.17, 15) is 4.79 Å². The van der Waals surface area contributed by atoms with Crippen LogP contribution in [-0.4, -0.2) is 36.1 Å². The number of carbonyl (C=O) groups excluding carboxylic acids is 1. The van der Waals surface area contributed by atoms with Crippen LogP contribution in [-0.2, 0) is 0 Å². The number of hydrogen-bond acceptors (Lipinski definition) is 6. The summed E-state index contributed by atoms with van der Waals surface area (Å²) in [6.07, 6.45) is 5.00. The molecule has 7 heteroatoms. The molecule has 1 amide bonds. The maximum Gasteiger partial charge on any atom is 0.261 e. The summed E-state index contributed by atoms with van der Waals surface area (Å²) in [4.78, 5) is 17.2. The number of methoxy groups -OCH3 is 1. The van der Waals surface area contributed by atoms with Crippen LogP contribution in [0.2, 0.25) is 0 Å². The van der Waals surface area contributed by atoms with Gasteiger partial charge in [-0.15, -0.1) is 0 Å². The highest BCUT2D eigenvalue weighted by molar-refractivity contribution is 7.15. The van der Waals surface area contributed by atoms with Crippen LogP contribution in [0, 0.1) is 0 Å². The minimum absolute atomic E-state index is 0.0307. The predicted molar refractivity (Wildman–Crippen MR) is 91.0 cm³/mol. The molecule has 2 aliphatic rings. The second-order valence-electron chi connectivity index (χ2n) is 6.12. The van der Waals surface area contributed by atoms with Crippen LogP contribution < -0.4 is 20.1 Å². The Kier molecular flexibility index (Phi) is 4.12. The molecule has 3 atom stereocenters. The molecule has 0 spiro atoms. The second kappa shape index (κ2) is 6.41. The van der Waals surface area contributed by atoms with E-state index in [4.69, 9.17) is 9.47 Å². The van der Waals surface area contributed by atoms with E-state index in [1.54, 1.807) is 37.6 Å². The largest absolute Gasteiger partial charge is 0.495 e. The molecular weight excluding hydrogens is 326 g/mol. The van der Waals surface area contributed by atoms with Gasteiger partial charge in [-0.05, 0) is 37.5 Å². The maximum absolute atomic E-state index is 12.4. The van der Waals surface area contributed by atoms with E-state index in [1.807, 2.05) is 0 Å². The van der Waals surface area contributed by atoms with Gasteiger partial charge in [0.2, 0.25) is 5.88 Å². The highest BCUT2D eigenvalue weighted by atomic mass is 32.1. The highest BCUT2D eigenvalue weighted by Gasteiger charge is 2.39. The number of nitrogens with one attached hydrogen (secondary N) is 2. The summed E-state index contributed by atoms with van der Waals surface area (Å²) in [6.45, 7) is 0. The van der Waals surface area contributed by atoms with Gasteiger partial charge < -0.3 is 20.1 Å². The summed E-state index contributed by atoms with van der Waals surface area (Å²) in [5.74, 6) is 1.12. The molecule has 2 fully saturated rings. The Balaban J connectivity index is 1.37. The molecule has 0 aromatic carbocycles. The van der Waals surface area contributed by atoms with Crippen LogP contribution in [0.15, 0.2) is 30.5 Å². The number of aromatic nitrogens is 1. The summed E-state index contributed by atoms with van der Waals surface area (Å²) in [5, 5.41) is 7.31. The molecule has 2 aliphatic heterocycles. The lowest BCUT2D eigenvalue weighted by molar-refractivity contribution is 0.0935. The number of rotatable bonds is 5. The number of pyridine rings is 1. The van der Waals surface area contributed by atoms with Gasteiger partial charge >= 0.3 is 0 Å². The fourth-order valence-electron chi connectivity index (χ4n) is 3.37. The number of fused-ring (bicyclic) bond motifs is 2. The van der Waals surface area contributed by atoms with E-state index in [2.05, 4.69) is 15.6 Å². The zero-order valence-electron chi connectivity index (χ0n) is 13.3. The van der Waals surface area contributed by atoms with Crippen molar-refractivity contribution in [2.45, 2.75) is 37.4 Å². The molecule has 2 bridgehead atoms. The van der Waals surface area contributed by atoms with Crippen molar-refractivity contribution in [3.63, 3.8) is 0 Å². The first-order valence-corrected chi connectivity index (χ1v) is 8.87. The van der Waals surface area contributed by atoms with Crippen molar-refractivity contribution in [2.24, 2.45) is 0 Å². The van der Waals surface area contributed by atoms with Crippen molar-refractivity contribution >= 4 is 17.2 Å². The molecular formula is C17H19N3O3S. The molecule has 2 saturated heterocycles. The zero-order chi connectivity index (χ0) is 16.5. The smallest absolute Gasteiger partial charge is 0.261 e. The monoisotopic (exact) mass is 345 g/mol. The van der Waals surface area contributed by atoms with E-state index >= 15 is 0 Å². The van der Waals surface area contributed by atoms with E-state index in [0.717, 1.165) is 12.8 Å². The van der Waals surface area contributed by atoms with Crippen molar-refractivity contribution in [3.05, 3.63) is 35.3 Å². The van der Waals surface area contributed by atoms with Crippen LogP contribution in [0.1, 0.15) is 28.9 Å². The quantitative estimate of drug-likeness (QED) is 0.871. The maximum atomic E-state index is 12.4. The predicted octanol–water partition coefficient (Wildman–Crippen LogP) is 2.57. The average molecular weight is 345 g/mol. The Morgan fingerprint density at radius 1 is 1.33 bits per heavy atom. The first-order valence-electron chi connectivity index (χ1n) is 8.06. The van der Waals surface area contributed by atoms with Crippen molar-refractivity contribution in [1.29, 1.82) is 0 Å². The summed E-state index contributed by atoms with van der Waals surface area (Å²) in [7, 11) is 1.59. The fourth-order valence-corrected chi connectivity index (χ4v) is 4.14. The minimum Gasteiger partial charge on any atom is -0.495 e. The SMILES string of the molecule is COc1ccc(Oc2ccc(C(=O)N[C@@H]3C[C@H]4CC[C@@H]3N4)s2)nc1. The first kappa shape index (κ1) is 15.4. The number of thiophene rings is 1. The van der Waals surface area contributed by atoms with Gasteiger partial charge in [-0.2, -0.15) is 0 Å². The van der Waals surface area contributed by atoms with Gasteiger partial charge in [-0.25, -0.2) is 4.98 Å². The number of hydrogen-bond donors (Lipinski definition) is 2. The van der Waals surface area contributed by atoms with Crippen LogP contribution in [0.3, 0.4) is 0 Å². The Labute approximate surface area is 144 Å². The van der Waals surface area contributed by atoms with Crippen LogP contribution in [0.25, 0.3) is 0 Å². The normalized spacial score (nSPS) is 24.8. The van der Waals surface area contributed by atoms with Crippen LogP contribution in [0.4, 0.5) is 0 Å². The Morgan fingerprint density at radius 3 is 2.92 bits per heavy atom. The molecule has 126 valence electrons. The van der Waals surface area contributed by atoms with Crippen LogP contribution >= 0.6 is 11.3 Å². The van der Waals surface area contributed by atoms with E-state index in [1.165, 1.54) is 17.8 Å². The third kappa shape index (κ3) is 3.09. The molecule has 0 unspecified atom stereocenters. The lowest BCUT2D eigenvalue weighted by Gasteiger charge is -2.20. The molecule has 2 aromatic heterocycles.